The van der Waals surface area contributed by atoms with Gasteiger partial charge in [-0.1, -0.05) is 24.3 Å². The lowest BCUT2D eigenvalue weighted by molar-refractivity contribution is 0.0828. The van der Waals surface area contributed by atoms with Gasteiger partial charge in [0.15, 0.2) is 0 Å². The maximum Gasteiger partial charge on any atom is 0.255 e. The predicted octanol–water partition coefficient (Wildman–Crippen LogP) is 4.19. The van der Waals surface area contributed by atoms with Gasteiger partial charge in [0, 0.05) is 54.3 Å². The highest BCUT2D eigenvalue weighted by molar-refractivity contribution is 6.01. The summed E-state index contributed by atoms with van der Waals surface area (Å²) in [6.07, 6.45) is 3.73. The number of H-pyrrole nitrogens is 1. The molecule has 0 aliphatic carbocycles. The molecule has 6 heteroatoms. The third-order valence-corrected chi connectivity index (χ3v) is 4.95. The maximum atomic E-state index is 12.4. The Labute approximate surface area is 168 Å². The van der Waals surface area contributed by atoms with Crippen LogP contribution in [-0.2, 0) is 0 Å². The normalized spacial score (nSPS) is 10.9. The van der Waals surface area contributed by atoms with E-state index >= 15 is 0 Å². The molecule has 146 valence electrons. The topological polar surface area (TPSA) is 84.2 Å². The Kier molecular flexibility index (Phi) is 4.68. The number of carbonyl (C=O) groups is 1. The van der Waals surface area contributed by atoms with Crippen LogP contribution in [0.4, 0.5) is 5.69 Å². The summed E-state index contributed by atoms with van der Waals surface area (Å²) in [4.78, 5) is 21.7. The molecule has 2 heterocycles. The van der Waals surface area contributed by atoms with Gasteiger partial charge in [0.05, 0.1) is 12.7 Å². The van der Waals surface area contributed by atoms with Crippen LogP contribution in [0.1, 0.15) is 10.4 Å². The summed E-state index contributed by atoms with van der Waals surface area (Å²) >= 11 is 0. The second-order valence-electron chi connectivity index (χ2n) is 7.02. The number of benzene rings is 2. The second-order valence-corrected chi connectivity index (χ2v) is 7.02. The fourth-order valence-corrected chi connectivity index (χ4v) is 3.41. The van der Waals surface area contributed by atoms with Gasteiger partial charge in [0.2, 0.25) is 0 Å². The lowest BCUT2D eigenvalue weighted by Gasteiger charge is -2.13. The number of carbonyl (C=O) groups excluding carboxylic acids is 1. The van der Waals surface area contributed by atoms with Crippen LogP contribution >= 0.6 is 0 Å². The third kappa shape index (κ3) is 3.29. The van der Waals surface area contributed by atoms with Gasteiger partial charge in [0.1, 0.15) is 11.4 Å². The van der Waals surface area contributed by atoms with E-state index in [1.807, 2.05) is 42.6 Å². The minimum Gasteiger partial charge on any atom is -0.496 e. The number of nitrogen functional groups attached to an aromatic ring is 1. The van der Waals surface area contributed by atoms with Crippen molar-refractivity contribution in [1.82, 2.24) is 14.9 Å². The zero-order valence-corrected chi connectivity index (χ0v) is 16.6. The van der Waals surface area contributed by atoms with Crippen LogP contribution in [-0.4, -0.2) is 42.0 Å². The number of hydrogen-bond donors (Lipinski definition) is 2. The molecule has 1 amide bonds. The highest BCUT2D eigenvalue weighted by atomic mass is 16.5. The Hall–Kier alpha value is -3.80. The highest BCUT2D eigenvalue weighted by Crippen LogP contribution is 2.36. The van der Waals surface area contributed by atoms with Gasteiger partial charge < -0.3 is 20.4 Å². The monoisotopic (exact) mass is 386 g/mol. The number of hydrogen-bond acceptors (Lipinski definition) is 4. The number of pyridine rings is 1. The van der Waals surface area contributed by atoms with Crippen LogP contribution in [0.2, 0.25) is 0 Å². The predicted molar refractivity (Wildman–Crippen MR) is 116 cm³/mol. The molecule has 0 spiro atoms. The molecule has 0 fully saturated rings. The van der Waals surface area contributed by atoms with Crippen LogP contribution in [0.5, 0.6) is 5.75 Å². The van der Waals surface area contributed by atoms with Crippen LogP contribution in [0, 0.1) is 0 Å². The number of anilines is 1. The minimum absolute atomic E-state index is 0.130. The van der Waals surface area contributed by atoms with E-state index in [4.69, 9.17) is 10.5 Å². The molecule has 0 radical (unpaired) electrons. The molecule has 0 saturated heterocycles. The molecular weight excluding hydrogens is 364 g/mol. The number of rotatable bonds is 4. The first-order chi connectivity index (χ1) is 14.0. The Morgan fingerprint density at radius 2 is 1.86 bits per heavy atom. The van der Waals surface area contributed by atoms with Gasteiger partial charge in [-0.25, -0.2) is 4.98 Å². The molecule has 4 aromatic rings. The van der Waals surface area contributed by atoms with Gasteiger partial charge >= 0.3 is 0 Å². The number of fused-ring (bicyclic) bond motifs is 1. The van der Waals surface area contributed by atoms with Gasteiger partial charge in [-0.3, -0.25) is 4.79 Å². The maximum absolute atomic E-state index is 12.4. The van der Waals surface area contributed by atoms with Crippen LogP contribution in [0.3, 0.4) is 0 Å². The SMILES string of the molecule is COc1ccccc1-c1c[nH]c2ncc(-c3ccc(N)c(C(=O)N(C)C)c3)cc12. The Balaban J connectivity index is 1.85. The third-order valence-electron chi connectivity index (χ3n) is 4.95. The second kappa shape index (κ2) is 7.31. The molecule has 29 heavy (non-hydrogen) atoms. The fraction of sp³-hybridized carbons (Fsp3) is 0.130. The van der Waals surface area contributed by atoms with Crippen molar-refractivity contribution >= 4 is 22.6 Å². The molecule has 0 aliphatic rings. The number of nitrogens with two attached hydrogens (primary N) is 1. The molecule has 2 aromatic carbocycles. The van der Waals surface area contributed by atoms with Crippen molar-refractivity contribution in [3.05, 3.63) is 66.5 Å². The Morgan fingerprint density at radius 3 is 2.62 bits per heavy atom. The highest BCUT2D eigenvalue weighted by Gasteiger charge is 2.15. The molecule has 6 nitrogen and oxygen atoms in total. The lowest BCUT2D eigenvalue weighted by Crippen LogP contribution is -2.22. The number of aromatic nitrogens is 2. The van der Waals surface area contributed by atoms with Crippen LogP contribution in [0.15, 0.2) is 60.9 Å². The number of ether oxygens (including phenoxy) is 1. The number of aromatic amines is 1. The van der Waals surface area contributed by atoms with E-state index in [0.717, 1.165) is 39.0 Å². The summed E-state index contributed by atoms with van der Waals surface area (Å²) in [6, 6.07) is 15.4. The first kappa shape index (κ1) is 18.6. The van der Waals surface area contributed by atoms with E-state index in [0.29, 0.717) is 11.3 Å². The lowest BCUT2D eigenvalue weighted by atomic mass is 9.99. The van der Waals surface area contributed by atoms with Gasteiger partial charge in [-0.2, -0.15) is 0 Å². The van der Waals surface area contributed by atoms with Crippen LogP contribution < -0.4 is 10.5 Å². The molecule has 2 aromatic heterocycles. The van der Waals surface area contributed by atoms with Gasteiger partial charge in [0.25, 0.3) is 5.91 Å². The van der Waals surface area contributed by atoms with Crippen molar-refractivity contribution in [1.29, 1.82) is 0 Å². The van der Waals surface area contributed by atoms with Gasteiger partial charge in [-0.05, 0) is 29.8 Å². The number of nitrogens with one attached hydrogen (secondary N) is 1. The number of para-hydroxylation sites is 1. The average Bonchev–Trinajstić information content (AvgIpc) is 3.16. The molecule has 0 saturated carbocycles. The fourth-order valence-electron chi connectivity index (χ4n) is 3.41. The summed E-state index contributed by atoms with van der Waals surface area (Å²) in [5, 5.41) is 0.976. The quantitative estimate of drug-likeness (QED) is 0.515. The molecule has 3 N–H and O–H groups in total. The molecule has 0 aliphatic heterocycles. The average molecular weight is 386 g/mol. The Bertz CT molecular complexity index is 1210. The first-order valence-corrected chi connectivity index (χ1v) is 9.21. The zero-order chi connectivity index (χ0) is 20.5. The number of methoxy groups -OCH3 is 1. The minimum atomic E-state index is -0.130. The van der Waals surface area contributed by atoms with E-state index in [9.17, 15) is 4.79 Å². The number of amides is 1. The summed E-state index contributed by atoms with van der Waals surface area (Å²) in [5.41, 5.74) is 11.5. The van der Waals surface area contributed by atoms with Crippen molar-refractivity contribution in [2.45, 2.75) is 0 Å². The molecule has 4 rings (SSSR count). The van der Waals surface area contributed by atoms with E-state index in [1.54, 1.807) is 33.5 Å². The summed E-state index contributed by atoms with van der Waals surface area (Å²) in [6.45, 7) is 0. The van der Waals surface area contributed by atoms with Gasteiger partial charge in [-0.15, -0.1) is 0 Å². The standard InChI is InChI=1S/C23H22N4O2/c1-27(2)23(28)18-10-14(8-9-20(18)24)15-11-17-19(13-26-22(17)25-12-15)16-6-4-5-7-21(16)29-3/h4-13H,24H2,1-3H3,(H,25,26). The molecular formula is C23H22N4O2. The van der Waals surface area contributed by atoms with Crippen molar-refractivity contribution < 1.29 is 9.53 Å². The zero-order valence-electron chi connectivity index (χ0n) is 16.6. The first-order valence-electron chi connectivity index (χ1n) is 9.21. The molecule has 0 atom stereocenters. The summed E-state index contributed by atoms with van der Waals surface area (Å²) in [5.74, 6) is 0.667. The molecule has 0 bridgehead atoms. The number of nitrogens with zero attached hydrogens (tertiary/aromatic N) is 2. The molecule has 0 unspecified atom stereocenters. The van der Waals surface area contributed by atoms with Crippen molar-refractivity contribution in [3.8, 4) is 28.0 Å². The van der Waals surface area contributed by atoms with E-state index in [2.05, 4.69) is 16.0 Å². The van der Waals surface area contributed by atoms with Crippen molar-refractivity contribution in [3.63, 3.8) is 0 Å². The largest absolute Gasteiger partial charge is 0.496 e. The van der Waals surface area contributed by atoms with E-state index in [1.165, 1.54) is 4.90 Å². The Morgan fingerprint density at radius 1 is 1.07 bits per heavy atom. The summed E-state index contributed by atoms with van der Waals surface area (Å²) < 4.78 is 5.52. The van der Waals surface area contributed by atoms with Crippen molar-refractivity contribution in [2.24, 2.45) is 0 Å². The van der Waals surface area contributed by atoms with Crippen molar-refractivity contribution in [2.75, 3.05) is 26.9 Å². The van der Waals surface area contributed by atoms with E-state index in [-0.39, 0.29) is 5.91 Å². The smallest absolute Gasteiger partial charge is 0.255 e. The summed E-state index contributed by atoms with van der Waals surface area (Å²) in [7, 11) is 5.08. The van der Waals surface area contributed by atoms with Crippen LogP contribution in [0.25, 0.3) is 33.3 Å². The van der Waals surface area contributed by atoms with E-state index < -0.39 is 0 Å².